The Balaban J connectivity index is 1.73. The Bertz CT molecular complexity index is 441. The molecule has 1 fully saturated rings. The van der Waals surface area contributed by atoms with Crippen LogP contribution in [0.5, 0.6) is 5.75 Å². The Labute approximate surface area is 115 Å². The SMILES string of the molecule is CC1CCCC(Oc2ccc3c(c2)[C@H](O)CCC3)C1. The van der Waals surface area contributed by atoms with Crippen molar-refractivity contribution >= 4 is 0 Å². The van der Waals surface area contributed by atoms with Gasteiger partial charge in [-0.05, 0) is 67.7 Å². The van der Waals surface area contributed by atoms with Crippen molar-refractivity contribution < 1.29 is 9.84 Å². The van der Waals surface area contributed by atoms with Crippen LogP contribution in [0, 0.1) is 5.92 Å². The van der Waals surface area contributed by atoms with Crippen molar-refractivity contribution in [2.24, 2.45) is 5.92 Å². The number of fused-ring (bicyclic) bond motifs is 1. The summed E-state index contributed by atoms with van der Waals surface area (Å²) >= 11 is 0. The molecule has 19 heavy (non-hydrogen) atoms. The van der Waals surface area contributed by atoms with E-state index in [0.29, 0.717) is 6.10 Å². The zero-order chi connectivity index (χ0) is 13.2. The third-order valence-corrected chi connectivity index (χ3v) is 4.59. The van der Waals surface area contributed by atoms with E-state index in [1.165, 1.54) is 31.2 Å². The zero-order valence-corrected chi connectivity index (χ0v) is 11.8. The third kappa shape index (κ3) is 2.94. The molecule has 104 valence electrons. The molecule has 3 atom stereocenters. The molecule has 1 aromatic carbocycles. The van der Waals surface area contributed by atoms with Crippen LogP contribution in [-0.4, -0.2) is 11.2 Å². The van der Waals surface area contributed by atoms with Crippen molar-refractivity contribution in [2.75, 3.05) is 0 Å². The Morgan fingerprint density at radius 2 is 2.05 bits per heavy atom. The van der Waals surface area contributed by atoms with Gasteiger partial charge in [-0.2, -0.15) is 0 Å². The van der Waals surface area contributed by atoms with E-state index >= 15 is 0 Å². The highest BCUT2D eigenvalue weighted by atomic mass is 16.5. The van der Waals surface area contributed by atoms with Crippen LogP contribution in [-0.2, 0) is 6.42 Å². The van der Waals surface area contributed by atoms with E-state index in [2.05, 4.69) is 25.1 Å². The summed E-state index contributed by atoms with van der Waals surface area (Å²) in [7, 11) is 0. The zero-order valence-electron chi connectivity index (χ0n) is 11.8. The van der Waals surface area contributed by atoms with Gasteiger partial charge in [-0.15, -0.1) is 0 Å². The van der Waals surface area contributed by atoms with Crippen molar-refractivity contribution in [3.05, 3.63) is 29.3 Å². The van der Waals surface area contributed by atoms with E-state index in [1.807, 2.05) is 0 Å². The first-order valence-corrected chi connectivity index (χ1v) is 7.70. The number of benzene rings is 1. The van der Waals surface area contributed by atoms with E-state index in [0.717, 1.165) is 36.5 Å². The number of aryl methyl sites for hydroxylation is 1. The lowest BCUT2D eigenvalue weighted by Crippen LogP contribution is -2.24. The monoisotopic (exact) mass is 260 g/mol. The van der Waals surface area contributed by atoms with Crippen LogP contribution >= 0.6 is 0 Å². The predicted octanol–water partition coefficient (Wildman–Crippen LogP) is 4.01. The van der Waals surface area contributed by atoms with Gasteiger partial charge in [0.05, 0.1) is 12.2 Å². The second-order valence-corrected chi connectivity index (χ2v) is 6.28. The topological polar surface area (TPSA) is 29.5 Å². The summed E-state index contributed by atoms with van der Waals surface area (Å²) in [5.74, 6) is 1.72. The molecule has 1 N–H and O–H groups in total. The van der Waals surface area contributed by atoms with Crippen LogP contribution < -0.4 is 4.74 Å². The normalized spacial score (nSPS) is 30.7. The molecular weight excluding hydrogens is 236 g/mol. The van der Waals surface area contributed by atoms with E-state index in [-0.39, 0.29) is 6.10 Å². The van der Waals surface area contributed by atoms with Crippen LogP contribution in [0.3, 0.4) is 0 Å². The quantitative estimate of drug-likeness (QED) is 0.870. The van der Waals surface area contributed by atoms with Gasteiger partial charge in [0.25, 0.3) is 0 Å². The Hall–Kier alpha value is -1.02. The van der Waals surface area contributed by atoms with Crippen molar-refractivity contribution in [2.45, 2.75) is 64.1 Å². The highest BCUT2D eigenvalue weighted by Crippen LogP contribution is 2.34. The Morgan fingerprint density at radius 1 is 1.16 bits per heavy atom. The summed E-state index contributed by atoms with van der Waals surface area (Å²) in [4.78, 5) is 0. The van der Waals surface area contributed by atoms with Gasteiger partial charge < -0.3 is 9.84 Å². The maximum absolute atomic E-state index is 10.1. The maximum Gasteiger partial charge on any atom is 0.120 e. The van der Waals surface area contributed by atoms with Crippen molar-refractivity contribution in [1.82, 2.24) is 0 Å². The minimum absolute atomic E-state index is 0.294. The summed E-state index contributed by atoms with van der Waals surface area (Å²) in [5, 5.41) is 10.1. The average molecular weight is 260 g/mol. The first-order chi connectivity index (χ1) is 9.22. The molecule has 0 aliphatic heterocycles. The average Bonchev–Trinajstić information content (AvgIpc) is 2.40. The molecule has 2 aliphatic carbocycles. The Kier molecular flexibility index (Phi) is 3.79. The lowest BCUT2D eigenvalue weighted by molar-refractivity contribution is 0.127. The Morgan fingerprint density at radius 3 is 2.89 bits per heavy atom. The fraction of sp³-hybridized carbons (Fsp3) is 0.647. The smallest absolute Gasteiger partial charge is 0.120 e. The molecular formula is C17H24O2. The molecule has 0 bridgehead atoms. The number of hydrogen-bond donors (Lipinski definition) is 1. The van der Waals surface area contributed by atoms with Gasteiger partial charge in [0.1, 0.15) is 5.75 Å². The lowest BCUT2D eigenvalue weighted by Gasteiger charge is -2.28. The second kappa shape index (κ2) is 5.54. The van der Waals surface area contributed by atoms with Crippen molar-refractivity contribution in [3.63, 3.8) is 0 Å². The third-order valence-electron chi connectivity index (χ3n) is 4.59. The molecule has 2 nitrogen and oxygen atoms in total. The van der Waals surface area contributed by atoms with E-state index in [1.54, 1.807) is 0 Å². The largest absolute Gasteiger partial charge is 0.490 e. The molecule has 2 unspecified atom stereocenters. The van der Waals surface area contributed by atoms with Gasteiger partial charge in [-0.25, -0.2) is 0 Å². The van der Waals surface area contributed by atoms with Crippen molar-refractivity contribution in [3.8, 4) is 5.75 Å². The number of aliphatic hydroxyl groups excluding tert-OH is 1. The van der Waals surface area contributed by atoms with E-state index in [9.17, 15) is 5.11 Å². The molecule has 0 saturated heterocycles. The van der Waals surface area contributed by atoms with Crippen LogP contribution in [0.25, 0.3) is 0 Å². The van der Waals surface area contributed by atoms with Crippen LogP contribution in [0.4, 0.5) is 0 Å². The van der Waals surface area contributed by atoms with Crippen LogP contribution in [0.15, 0.2) is 18.2 Å². The fourth-order valence-corrected chi connectivity index (χ4v) is 3.50. The van der Waals surface area contributed by atoms with Crippen LogP contribution in [0.1, 0.15) is 62.7 Å². The maximum atomic E-state index is 10.1. The highest BCUT2D eigenvalue weighted by molar-refractivity contribution is 5.38. The van der Waals surface area contributed by atoms with Gasteiger partial charge in [-0.3, -0.25) is 0 Å². The predicted molar refractivity (Wildman–Crippen MR) is 76.4 cm³/mol. The van der Waals surface area contributed by atoms with Gasteiger partial charge in [-0.1, -0.05) is 19.4 Å². The van der Waals surface area contributed by atoms with Crippen LogP contribution in [0.2, 0.25) is 0 Å². The lowest BCUT2D eigenvalue weighted by atomic mass is 9.88. The summed E-state index contributed by atoms with van der Waals surface area (Å²) in [6.07, 6.45) is 8.09. The molecule has 1 saturated carbocycles. The second-order valence-electron chi connectivity index (χ2n) is 6.28. The van der Waals surface area contributed by atoms with Gasteiger partial charge in [0, 0.05) is 0 Å². The fourth-order valence-electron chi connectivity index (χ4n) is 3.50. The summed E-state index contributed by atoms with van der Waals surface area (Å²) in [6, 6.07) is 6.29. The molecule has 0 radical (unpaired) electrons. The van der Waals surface area contributed by atoms with Gasteiger partial charge in [0.15, 0.2) is 0 Å². The molecule has 3 rings (SSSR count). The molecule has 0 amide bonds. The van der Waals surface area contributed by atoms with E-state index < -0.39 is 0 Å². The molecule has 2 aliphatic rings. The number of ether oxygens (including phenoxy) is 1. The standard InChI is InChI=1S/C17H24O2/c1-12-4-2-6-14(10-12)19-15-9-8-13-5-3-7-17(18)16(13)11-15/h8-9,11-12,14,17-18H,2-7,10H2,1H3/t12?,14?,17-/m1/s1. The van der Waals surface area contributed by atoms with Gasteiger partial charge in [0.2, 0.25) is 0 Å². The molecule has 0 spiro atoms. The number of aliphatic hydroxyl groups is 1. The summed E-state index contributed by atoms with van der Waals surface area (Å²) in [5.41, 5.74) is 2.38. The van der Waals surface area contributed by atoms with E-state index in [4.69, 9.17) is 4.74 Å². The molecule has 0 aromatic heterocycles. The molecule has 2 heteroatoms. The molecule has 0 heterocycles. The minimum atomic E-state index is -0.294. The first-order valence-electron chi connectivity index (χ1n) is 7.70. The highest BCUT2D eigenvalue weighted by Gasteiger charge is 2.22. The summed E-state index contributed by atoms with van der Waals surface area (Å²) in [6.45, 7) is 2.31. The van der Waals surface area contributed by atoms with Gasteiger partial charge >= 0.3 is 0 Å². The molecule has 1 aromatic rings. The summed E-state index contributed by atoms with van der Waals surface area (Å²) < 4.78 is 6.13. The van der Waals surface area contributed by atoms with Crippen molar-refractivity contribution in [1.29, 1.82) is 0 Å². The number of rotatable bonds is 2. The minimum Gasteiger partial charge on any atom is -0.490 e. The number of hydrogen-bond acceptors (Lipinski definition) is 2. The first kappa shape index (κ1) is 13.0.